The molecule has 0 aliphatic rings. The standard InChI is InChI=1S/C17H20N4O2/c1-3-4-13-15-16(21(2)20-13)17(23)19-14(18-15)9-11-5-7-12(10-22)8-6-11/h5-8,22H,3-4,9-10H2,1-2H3,(H,18,19,23). The fourth-order valence-corrected chi connectivity index (χ4v) is 2.74. The molecule has 0 amide bonds. The molecule has 0 spiro atoms. The lowest BCUT2D eigenvalue weighted by Gasteiger charge is -2.03. The van der Waals surface area contributed by atoms with Crippen LogP contribution in [0.3, 0.4) is 0 Å². The first-order valence-electron chi connectivity index (χ1n) is 7.75. The quantitative estimate of drug-likeness (QED) is 0.751. The number of aryl methyl sites for hydroxylation is 2. The molecule has 0 aliphatic heterocycles. The fraction of sp³-hybridized carbons (Fsp3) is 0.353. The van der Waals surface area contributed by atoms with E-state index in [0.29, 0.717) is 23.3 Å². The van der Waals surface area contributed by atoms with Crippen molar-refractivity contribution in [3.8, 4) is 0 Å². The molecule has 2 aromatic heterocycles. The van der Waals surface area contributed by atoms with Gasteiger partial charge in [0.05, 0.1) is 12.3 Å². The maximum absolute atomic E-state index is 12.3. The molecule has 3 rings (SSSR count). The summed E-state index contributed by atoms with van der Waals surface area (Å²) >= 11 is 0. The second-order valence-electron chi connectivity index (χ2n) is 5.68. The van der Waals surface area contributed by atoms with E-state index in [4.69, 9.17) is 5.11 Å². The molecule has 0 aliphatic carbocycles. The summed E-state index contributed by atoms with van der Waals surface area (Å²) in [5, 5.41) is 13.5. The van der Waals surface area contributed by atoms with Crippen LogP contribution >= 0.6 is 0 Å². The third-order valence-electron chi connectivity index (χ3n) is 3.88. The highest BCUT2D eigenvalue weighted by Gasteiger charge is 2.14. The number of aromatic nitrogens is 4. The van der Waals surface area contributed by atoms with Gasteiger partial charge in [-0.05, 0) is 17.5 Å². The monoisotopic (exact) mass is 312 g/mol. The van der Waals surface area contributed by atoms with Gasteiger partial charge in [-0.25, -0.2) is 4.98 Å². The summed E-state index contributed by atoms with van der Waals surface area (Å²) in [6.45, 7) is 2.11. The average Bonchev–Trinajstić information content (AvgIpc) is 2.85. The van der Waals surface area contributed by atoms with E-state index < -0.39 is 0 Å². The number of benzene rings is 1. The lowest BCUT2D eigenvalue weighted by atomic mass is 10.1. The molecule has 120 valence electrons. The molecule has 2 N–H and O–H groups in total. The summed E-state index contributed by atoms with van der Waals surface area (Å²) < 4.78 is 1.60. The van der Waals surface area contributed by atoms with Crippen LogP contribution in [0.5, 0.6) is 0 Å². The molecule has 6 nitrogen and oxygen atoms in total. The van der Waals surface area contributed by atoms with Crippen LogP contribution in [0.4, 0.5) is 0 Å². The molecule has 0 saturated carbocycles. The molecule has 0 unspecified atom stereocenters. The van der Waals surface area contributed by atoms with Crippen LogP contribution in [-0.4, -0.2) is 24.9 Å². The van der Waals surface area contributed by atoms with Crippen molar-refractivity contribution in [1.82, 2.24) is 19.7 Å². The van der Waals surface area contributed by atoms with Gasteiger partial charge in [-0.2, -0.15) is 5.10 Å². The molecule has 0 fully saturated rings. The molecule has 1 aromatic carbocycles. The SMILES string of the molecule is CCCc1nn(C)c2c(=O)[nH]c(Cc3ccc(CO)cc3)nc12. The van der Waals surface area contributed by atoms with Gasteiger partial charge in [0.15, 0.2) is 5.52 Å². The number of aromatic amines is 1. The zero-order valence-electron chi connectivity index (χ0n) is 13.3. The van der Waals surface area contributed by atoms with E-state index in [-0.39, 0.29) is 12.2 Å². The number of aliphatic hydroxyl groups excluding tert-OH is 1. The largest absolute Gasteiger partial charge is 0.392 e. The molecule has 23 heavy (non-hydrogen) atoms. The third kappa shape index (κ3) is 3.03. The van der Waals surface area contributed by atoms with Crippen LogP contribution in [0, 0.1) is 0 Å². The Morgan fingerprint density at radius 2 is 1.91 bits per heavy atom. The number of rotatable bonds is 5. The van der Waals surface area contributed by atoms with Crippen LogP contribution in [0.1, 0.15) is 36.0 Å². The Labute approximate surface area is 133 Å². The Hall–Kier alpha value is -2.47. The normalized spacial score (nSPS) is 11.3. The van der Waals surface area contributed by atoms with Crippen molar-refractivity contribution in [2.75, 3.05) is 0 Å². The van der Waals surface area contributed by atoms with E-state index in [2.05, 4.69) is 22.0 Å². The van der Waals surface area contributed by atoms with E-state index in [1.54, 1.807) is 11.7 Å². The number of hydrogen-bond acceptors (Lipinski definition) is 4. The first kappa shape index (κ1) is 15.4. The lowest BCUT2D eigenvalue weighted by Crippen LogP contribution is -2.14. The van der Waals surface area contributed by atoms with Crippen molar-refractivity contribution < 1.29 is 5.11 Å². The number of nitrogens with zero attached hydrogens (tertiary/aromatic N) is 3. The minimum absolute atomic E-state index is 0.0252. The number of aliphatic hydroxyl groups is 1. The van der Waals surface area contributed by atoms with Crippen LogP contribution in [0.25, 0.3) is 11.0 Å². The summed E-state index contributed by atoms with van der Waals surface area (Å²) in [6.07, 6.45) is 2.30. The van der Waals surface area contributed by atoms with Gasteiger partial charge in [-0.1, -0.05) is 37.6 Å². The number of fused-ring (bicyclic) bond motifs is 1. The highest BCUT2D eigenvalue weighted by atomic mass is 16.3. The minimum atomic E-state index is -0.158. The Morgan fingerprint density at radius 1 is 1.22 bits per heavy atom. The second-order valence-corrected chi connectivity index (χ2v) is 5.68. The van der Waals surface area contributed by atoms with Gasteiger partial charge in [0.1, 0.15) is 11.3 Å². The lowest BCUT2D eigenvalue weighted by molar-refractivity contribution is 0.282. The number of H-pyrrole nitrogens is 1. The summed E-state index contributed by atoms with van der Waals surface area (Å²) in [4.78, 5) is 19.8. The third-order valence-corrected chi connectivity index (χ3v) is 3.88. The second kappa shape index (κ2) is 6.34. The first-order chi connectivity index (χ1) is 11.1. The van der Waals surface area contributed by atoms with Gasteiger partial charge in [0.25, 0.3) is 5.56 Å². The Kier molecular flexibility index (Phi) is 4.25. The zero-order chi connectivity index (χ0) is 16.4. The maximum atomic E-state index is 12.3. The Balaban J connectivity index is 2.00. The molecule has 3 aromatic rings. The number of hydrogen-bond donors (Lipinski definition) is 2. The predicted molar refractivity (Wildman–Crippen MR) is 88.3 cm³/mol. The molecule has 6 heteroatoms. The van der Waals surface area contributed by atoms with Gasteiger partial charge >= 0.3 is 0 Å². The molecule has 0 atom stereocenters. The van der Waals surface area contributed by atoms with Gasteiger partial charge in [0, 0.05) is 13.5 Å². The van der Waals surface area contributed by atoms with Gasteiger partial charge in [0.2, 0.25) is 0 Å². The van der Waals surface area contributed by atoms with Crippen molar-refractivity contribution in [1.29, 1.82) is 0 Å². The molecular weight excluding hydrogens is 292 g/mol. The number of nitrogens with one attached hydrogen (secondary N) is 1. The van der Waals surface area contributed by atoms with E-state index in [0.717, 1.165) is 29.7 Å². The molecular formula is C17H20N4O2. The Bertz CT molecular complexity index is 878. The van der Waals surface area contributed by atoms with Crippen LogP contribution in [0.2, 0.25) is 0 Å². The summed E-state index contributed by atoms with van der Waals surface area (Å²) in [5.74, 6) is 0.629. The van der Waals surface area contributed by atoms with Crippen LogP contribution in [0.15, 0.2) is 29.1 Å². The van der Waals surface area contributed by atoms with Crippen molar-refractivity contribution >= 4 is 11.0 Å². The van der Waals surface area contributed by atoms with Crippen molar-refractivity contribution in [2.24, 2.45) is 7.05 Å². The highest BCUT2D eigenvalue weighted by Crippen LogP contribution is 2.15. The van der Waals surface area contributed by atoms with E-state index in [1.807, 2.05) is 24.3 Å². The summed E-state index contributed by atoms with van der Waals surface area (Å²) in [7, 11) is 1.77. The maximum Gasteiger partial charge on any atom is 0.277 e. The van der Waals surface area contributed by atoms with Gasteiger partial charge in [-0.15, -0.1) is 0 Å². The van der Waals surface area contributed by atoms with Crippen molar-refractivity contribution in [3.05, 3.63) is 57.3 Å². The van der Waals surface area contributed by atoms with Crippen molar-refractivity contribution in [2.45, 2.75) is 32.8 Å². The van der Waals surface area contributed by atoms with Crippen LogP contribution < -0.4 is 5.56 Å². The highest BCUT2D eigenvalue weighted by molar-refractivity contribution is 5.76. The van der Waals surface area contributed by atoms with Crippen molar-refractivity contribution in [3.63, 3.8) is 0 Å². The van der Waals surface area contributed by atoms with E-state index in [1.165, 1.54) is 0 Å². The molecule has 0 radical (unpaired) electrons. The summed E-state index contributed by atoms with van der Waals surface area (Å²) in [6, 6.07) is 7.62. The smallest absolute Gasteiger partial charge is 0.277 e. The topological polar surface area (TPSA) is 83.8 Å². The average molecular weight is 312 g/mol. The first-order valence-corrected chi connectivity index (χ1v) is 7.75. The minimum Gasteiger partial charge on any atom is -0.392 e. The zero-order valence-corrected chi connectivity index (χ0v) is 13.3. The van der Waals surface area contributed by atoms with E-state index >= 15 is 0 Å². The predicted octanol–water partition coefficient (Wildman–Crippen LogP) is 1.69. The molecule has 2 heterocycles. The summed E-state index contributed by atoms with van der Waals surface area (Å²) in [5.41, 5.74) is 3.82. The van der Waals surface area contributed by atoms with Gasteiger partial charge in [-0.3, -0.25) is 9.48 Å². The molecule has 0 saturated heterocycles. The van der Waals surface area contributed by atoms with Crippen LogP contribution in [-0.2, 0) is 26.5 Å². The fourth-order valence-electron chi connectivity index (χ4n) is 2.74. The Morgan fingerprint density at radius 3 is 2.57 bits per heavy atom. The van der Waals surface area contributed by atoms with Gasteiger partial charge < -0.3 is 10.1 Å². The van der Waals surface area contributed by atoms with E-state index in [9.17, 15) is 4.79 Å². The molecule has 0 bridgehead atoms.